The van der Waals surface area contributed by atoms with Gasteiger partial charge in [-0.05, 0) is 55.4 Å². The molecule has 0 spiro atoms. The maximum Gasteiger partial charge on any atom is 0.391 e. The highest BCUT2D eigenvalue weighted by Gasteiger charge is 2.41. The van der Waals surface area contributed by atoms with E-state index in [1.165, 1.54) is 0 Å². The first-order chi connectivity index (χ1) is 22.7. The van der Waals surface area contributed by atoms with Gasteiger partial charge in [-0.1, -0.05) is 50.0 Å². The lowest BCUT2D eigenvalue weighted by Gasteiger charge is -2.30. The van der Waals surface area contributed by atoms with E-state index >= 15 is 0 Å². The SMILES string of the molecule is CN(CCS(C)(=O)=O)c1cc2c(cc1C(=O)NCC1CCC(C(F)(F)F)CC1)nc(Nc1c(Cl)ccc(CNC(=O)C(C)(C)C)c1Cl)n2C. The molecule has 0 atom stereocenters. The van der Waals surface area contributed by atoms with Crippen LogP contribution in [0, 0.1) is 17.3 Å². The lowest BCUT2D eigenvalue weighted by atomic mass is 9.81. The third kappa shape index (κ3) is 9.72. The molecule has 2 aromatic carbocycles. The van der Waals surface area contributed by atoms with E-state index in [0.29, 0.717) is 56.8 Å². The molecule has 3 aromatic rings. The summed E-state index contributed by atoms with van der Waals surface area (Å²) in [5.74, 6) is -1.79. The second-order valence-electron chi connectivity index (χ2n) is 13.8. The topological polar surface area (TPSA) is 125 Å². The van der Waals surface area contributed by atoms with Crippen molar-refractivity contribution in [1.29, 1.82) is 0 Å². The van der Waals surface area contributed by atoms with Gasteiger partial charge < -0.3 is 25.4 Å². The standard InChI is InChI=1S/C33H43Cl2F3N6O4S/c1-32(2,3)30(46)40-18-20-9-12-23(34)28(27(20)35)42-31-41-24-15-22(25(16-26(24)44(31)5)43(4)13-14-49(6,47)48)29(45)39-17-19-7-10-21(11-8-19)33(36,37)38/h9,12,15-16,19,21H,7-8,10-11,13-14,17-18H2,1-6H3,(H,39,45)(H,40,46)(H,41,42). The summed E-state index contributed by atoms with van der Waals surface area (Å²) >= 11 is 13.3. The van der Waals surface area contributed by atoms with Crippen LogP contribution in [0.4, 0.5) is 30.5 Å². The molecule has 1 aliphatic rings. The van der Waals surface area contributed by atoms with Crippen molar-refractivity contribution in [2.75, 3.05) is 42.4 Å². The molecule has 1 saturated carbocycles. The molecule has 270 valence electrons. The van der Waals surface area contributed by atoms with Crippen LogP contribution in [0.25, 0.3) is 11.0 Å². The molecule has 3 N–H and O–H groups in total. The predicted molar refractivity (Wildman–Crippen MR) is 189 cm³/mol. The summed E-state index contributed by atoms with van der Waals surface area (Å²) in [6.45, 7) is 5.92. The molecule has 0 bridgehead atoms. The number of nitrogens with one attached hydrogen (secondary N) is 3. The van der Waals surface area contributed by atoms with E-state index in [1.807, 2.05) is 0 Å². The van der Waals surface area contributed by atoms with Crippen LogP contribution in [0.3, 0.4) is 0 Å². The summed E-state index contributed by atoms with van der Waals surface area (Å²) in [4.78, 5) is 32.4. The molecule has 1 heterocycles. The Kier molecular flexibility index (Phi) is 11.8. The Bertz CT molecular complexity index is 1820. The van der Waals surface area contributed by atoms with Gasteiger partial charge in [0.15, 0.2) is 0 Å². The number of carbonyl (C=O) groups excluding carboxylic acids is 2. The van der Waals surface area contributed by atoms with E-state index in [9.17, 15) is 31.2 Å². The maximum absolute atomic E-state index is 13.6. The predicted octanol–water partition coefficient (Wildman–Crippen LogP) is 6.87. The highest BCUT2D eigenvalue weighted by Crippen LogP contribution is 2.40. The van der Waals surface area contributed by atoms with Gasteiger partial charge >= 0.3 is 6.18 Å². The van der Waals surface area contributed by atoms with Crippen LogP contribution in [0.15, 0.2) is 24.3 Å². The van der Waals surface area contributed by atoms with Gasteiger partial charge in [-0.2, -0.15) is 13.2 Å². The largest absolute Gasteiger partial charge is 0.391 e. The van der Waals surface area contributed by atoms with Gasteiger partial charge in [-0.25, -0.2) is 13.4 Å². The van der Waals surface area contributed by atoms with Crippen molar-refractivity contribution in [1.82, 2.24) is 20.2 Å². The van der Waals surface area contributed by atoms with Crippen LogP contribution < -0.4 is 20.9 Å². The lowest BCUT2D eigenvalue weighted by molar-refractivity contribution is -0.183. The van der Waals surface area contributed by atoms with Gasteiger partial charge in [0.1, 0.15) is 9.84 Å². The molecule has 10 nitrogen and oxygen atoms in total. The minimum Gasteiger partial charge on any atom is -0.373 e. The number of carbonyl (C=O) groups is 2. The zero-order valence-corrected chi connectivity index (χ0v) is 30.7. The molecule has 1 aliphatic carbocycles. The van der Waals surface area contributed by atoms with E-state index in [-0.39, 0.29) is 55.6 Å². The number of amides is 2. The number of aryl methyl sites for hydroxylation is 1. The van der Waals surface area contributed by atoms with Gasteiger partial charge in [0.25, 0.3) is 5.91 Å². The summed E-state index contributed by atoms with van der Waals surface area (Å²) in [6.07, 6.45) is -2.31. The monoisotopic (exact) mass is 746 g/mol. The number of alkyl halides is 3. The fraction of sp³-hybridized carbons (Fsp3) is 0.545. The fourth-order valence-electron chi connectivity index (χ4n) is 5.69. The number of hydrogen-bond acceptors (Lipinski definition) is 7. The molecule has 4 rings (SSSR count). The summed E-state index contributed by atoms with van der Waals surface area (Å²) in [5.41, 5.74) is 2.17. The van der Waals surface area contributed by atoms with Gasteiger partial charge in [-0.15, -0.1) is 0 Å². The Balaban J connectivity index is 1.63. The van der Waals surface area contributed by atoms with Crippen LogP contribution in [-0.2, 0) is 28.2 Å². The summed E-state index contributed by atoms with van der Waals surface area (Å²) in [7, 11) is 0.128. The van der Waals surface area contributed by atoms with Gasteiger partial charge in [0, 0.05) is 45.4 Å². The number of imidazole rings is 1. The second-order valence-corrected chi connectivity index (χ2v) is 16.9. The number of benzene rings is 2. The Labute approximate surface area is 295 Å². The minimum atomic E-state index is -4.21. The molecular formula is C33H43Cl2F3N6O4S. The molecular weight excluding hydrogens is 704 g/mol. The Hall–Kier alpha value is -3.23. The lowest BCUT2D eigenvalue weighted by Crippen LogP contribution is -2.35. The highest BCUT2D eigenvalue weighted by molar-refractivity contribution is 7.90. The molecule has 1 aromatic heterocycles. The van der Waals surface area contributed by atoms with Crippen LogP contribution in [0.1, 0.15) is 62.4 Å². The number of aromatic nitrogens is 2. The van der Waals surface area contributed by atoms with Crippen molar-refractivity contribution in [2.24, 2.45) is 24.3 Å². The maximum atomic E-state index is 13.6. The Morgan fingerprint density at radius 3 is 2.31 bits per heavy atom. The van der Waals surface area contributed by atoms with Crippen molar-refractivity contribution in [3.8, 4) is 0 Å². The van der Waals surface area contributed by atoms with E-state index in [4.69, 9.17) is 28.2 Å². The average Bonchev–Trinajstić information content (AvgIpc) is 3.32. The van der Waals surface area contributed by atoms with Crippen molar-refractivity contribution in [2.45, 2.75) is 59.2 Å². The van der Waals surface area contributed by atoms with Crippen molar-refractivity contribution < 1.29 is 31.2 Å². The van der Waals surface area contributed by atoms with E-state index in [1.54, 1.807) is 68.6 Å². The molecule has 49 heavy (non-hydrogen) atoms. The summed E-state index contributed by atoms with van der Waals surface area (Å²) in [5, 5.41) is 9.55. The van der Waals surface area contributed by atoms with E-state index in [2.05, 4.69) is 16.0 Å². The summed E-state index contributed by atoms with van der Waals surface area (Å²) in [6, 6.07) is 6.72. The Morgan fingerprint density at radius 2 is 1.71 bits per heavy atom. The van der Waals surface area contributed by atoms with Crippen molar-refractivity contribution >= 4 is 73.2 Å². The normalized spacial score (nSPS) is 17.2. The number of anilines is 3. The third-order valence-corrected chi connectivity index (χ3v) is 10.5. The first-order valence-corrected chi connectivity index (χ1v) is 18.7. The van der Waals surface area contributed by atoms with Gasteiger partial charge in [-0.3, -0.25) is 9.59 Å². The number of hydrogen-bond donors (Lipinski definition) is 3. The number of halogens is 5. The number of sulfone groups is 1. The minimum absolute atomic E-state index is 0.0294. The quantitative estimate of drug-likeness (QED) is 0.196. The van der Waals surface area contributed by atoms with Crippen LogP contribution in [0.5, 0.6) is 0 Å². The molecule has 16 heteroatoms. The summed E-state index contributed by atoms with van der Waals surface area (Å²) < 4.78 is 65.1. The van der Waals surface area contributed by atoms with E-state index < -0.39 is 33.3 Å². The van der Waals surface area contributed by atoms with Crippen molar-refractivity contribution in [3.05, 3.63) is 45.4 Å². The molecule has 0 saturated heterocycles. The average molecular weight is 748 g/mol. The fourth-order valence-corrected chi connectivity index (χ4v) is 6.82. The first kappa shape index (κ1) is 38.6. The zero-order chi connectivity index (χ0) is 36.5. The molecule has 0 unspecified atom stereocenters. The van der Waals surface area contributed by atoms with Crippen LogP contribution in [-0.4, -0.2) is 68.1 Å². The number of rotatable bonds is 11. The number of nitrogens with zero attached hydrogens (tertiary/aromatic N) is 3. The van der Waals surface area contributed by atoms with Gasteiger partial charge in [0.2, 0.25) is 11.9 Å². The molecule has 2 amide bonds. The molecule has 0 radical (unpaired) electrons. The van der Waals surface area contributed by atoms with Crippen molar-refractivity contribution in [3.63, 3.8) is 0 Å². The highest BCUT2D eigenvalue weighted by atomic mass is 35.5. The molecule has 0 aliphatic heterocycles. The van der Waals surface area contributed by atoms with Gasteiger partial charge in [0.05, 0.1) is 49.7 Å². The Morgan fingerprint density at radius 1 is 1.06 bits per heavy atom. The second kappa shape index (κ2) is 14.9. The molecule has 1 fully saturated rings. The van der Waals surface area contributed by atoms with E-state index in [0.717, 1.165) is 6.26 Å². The third-order valence-electron chi connectivity index (χ3n) is 8.84. The first-order valence-electron chi connectivity index (χ1n) is 15.9. The zero-order valence-electron chi connectivity index (χ0n) is 28.4. The van der Waals surface area contributed by atoms with Crippen LogP contribution in [0.2, 0.25) is 10.0 Å². The smallest absolute Gasteiger partial charge is 0.373 e. The van der Waals surface area contributed by atoms with Crippen LogP contribution >= 0.6 is 23.2 Å². The number of fused-ring (bicyclic) bond motifs is 1.